The summed E-state index contributed by atoms with van der Waals surface area (Å²) in [6.45, 7) is 5.19. The summed E-state index contributed by atoms with van der Waals surface area (Å²) < 4.78 is 42.9. The van der Waals surface area contributed by atoms with Crippen molar-refractivity contribution in [1.29, 1.82) is 0 Å². The maximum absolute atomic E-state index is 12.7. The molecule has 8 heteroatoms. The van der Waals surface area contributed by atoms with Gasteiger partial charge in [0.15, 0.2) is 11.5 Å². The van der Waals surface area contributed by atoms with Crippen LogP contribution in [0.5, 0.6) is 11.5 Å². The fourth-order valence-corrected chi connectivity index (χ4v) is 3.57. The number of sulfonamides is 1. The van der Waals surface area contributed by atoms with Crippen LogP contribution >= 0.6 is 0 Å². The third kappa shape index (κ3) is 5.24. The average molecular weight is 357 g/mol. The van der Waals surface area contributed by atoms with Crippen molar-refractivity contribution in [3.63, 3.8) is 0 Å². The van der Waals surface area contributed by atoms with Crippen molar-refractivity contribution >= 4 is 22.1 Å². The zero-order chi connectivity index (χ0) is 18.5. The number of methoxy groups -OCH3 is 3. The summed E-state index contributed by atoms with van der Waals surface area (Å²) in [6, 6.07) is 2.96. The Morgan fingerprint density at radius 1 is 1.12 bits per heavy atom. The molecule has 24 heavy (non-hydrogen) atoms. The van der Waals surface area contributed by atoms with Crippen molar-refractivity contribution in [2.75, 3.05) is 21.3 Å². The van der Waals surface area contributed by atoms with Crippen LogP contribution in [0.2, 0.25) is 0 Å². The van der Waals surface area contributed by atoms with E-state index >= 15 is 0 Å². The minimum Gasteiger partial charge on any atom is -0.493 e. The number of ether oxygens (including phenoxy) is 3. The van der Waals surface area contributed by atoms with Crippen LogP contribution in [0.4, 0.5) is 0 Å². The van der Waals surface area contributed by atoms with E-state index in [4.69, 9.17) is 9.47 Å². The van der Waals surface area contributed by atoms with Crippen LogP contribution < -0.4 is 14.2 Å². The first-order valence-electron chi connectivity index (χ1n) is 7.10. The summed E-state index contributed by atoms with van der Waals surface area (Å²) in [4.78, 5) is 11.2. The van der Waals surface area contributed by atoms with Crippen molar-refractivity contribution < 1.29 is 27.4 Å². The summed E-state index contributed by atoms with van der Waals surface area (Å²) in [7, 11) is 0.150. The Morgan fingerprint density at radius 3 is 2.21 bits per heavy atom. The van der Waals surface area contributed by atoms with Gasteiger partial charge in [0.1, 0.15) is 4.90 Å². The quantitative estimate of drug-likeness (QED) is 0.618. The van der Waals surface area contributed by atoms with Gasteiger partial charge in [0, 0.05) is 11.6 Å². The molecule has 1 aromatic carbocycles. The molecule has 7 nitrogen and oxygen atoms in total. The van der Waals surface area contributed by atoms with Gasteiger partial charge < -0.3 is 14.2 Å². The van der Waals surface area contributed by atoms with Gasteiger partial charge >= 0.3 is 5.97 Å². The average Bonchev–Trinajstić information content (AvgIpc) is 2.48. The van der Waals surface area contributed by atoms with Crippen LogP contribution in [0.3, 0.4) is 0 Å². The zero-order valence-corrected chi connectivity index (χ0v) is 15.5. The molecule has 0 aromatic heterocycles. The summed E-state index contributed by atoms with van der Waals surface area (Å²) in [5, 5.41) is 0. The first kappa shape index (κ1) is 20.0. The maximum atomic E-state index is 12.7. The molecular formula is C16H23NO6S. The van der Waals surface area contributed by atoms with Crippen LogP contribution in [0.25, 0.3) is 6.08 Å². The van der Waals surface area contributed by atoms with E-state index in [1.54, 1.807) is 26.8 Å². The molecule has 0 aliphatic heterocycles. The van der Waals surface area contributed by atoms with E-state index in [1.165, 1.54) is 39.5 Å². The van der Waals surface area contributed by atoms with Gasteiger partial charge in [-0.2, -0.15) is 0 Å². The summed E-state index contributed by atoms with van der Waals surface area (Å²) >= 11 is 0. The second kappa shape index (κ2) is 7.67. The number of hydrogen-bond acceptors (Lipinski definition) is 6. The Bertz CT molecular complexity index is 732. The van der Waals surface area contributed by atoms with Gasteiger partial charge in [-0.25, -0.2) is 17.9 Å². The lowest BCUT2D eigenvalue weighted by molar-refractivity contribution is -0.134. The Hall–Kier alpha value is -2.06. The lowest BCUT2D eigenvalue weighted by Gasteiger charge is -2.22. The standard InChI is InChI=1S/C16H23NO6S/c1-16(2,3)17-24(19,20)13-10-11(7-8-14(18)22-5)9-12(21-4)15(13)23-6/h7-10,17H,1-6H3/b8-7-. The number of rotatable bonds is 6. The molecular weight excluding hydrogens is 334 g/mol. The lowest BCUT2D eigenvalue weighted by Crippen LogP contribution is -2.40. The molecule has 0 fully saturated rings. The molecule has 0 aliphatic rings. The number of esters is 1. The fraction of sp³-hybridized carbons (Fsp3) is 0.438. The largest absolute Gasteiger partial charge is 0.493 e. The lowest BCUT2D eigenvalue weighted by atomic mass is 10.1. The molecule has 0 saturated heterocycles. The third-order valence-corrected chi connectivity index (χ3v) is 4.57. The van der Waals surface area contributed by atoms with E-state index in [0.717, 1.165) is 0 Å². The molecule has 1 rings (SSSR count). The number of nitrogens with one attached hydrogen (secondary N) is 1. The zero-order valence-electron chi connectivity index (χ0n) is 14.7. The third-order valence-electron chi connectivity index (χ3n) is 2.81. The molecule has 1 aromatic rings. The number of benzene rings is 1. The van der Waals surface area contributed by atoms with Crippen LogP contribution in [-0.2, 0) is 19.6 Å². The van der Waals surface area contributed by atoms with Crippen LogP contribution in [-0.4, -0.2) is 41.3 Å². The van der Waals surface area contributed by atoms with Crippen molar-refractivity contribution in [2.45, 2.75) is 31.2 Å². The molecule has 0 atom stereocenters. The van der Waals surface area contributed by atoms with Crippen molar-refractivity contribution in [3.05, 3.63) is 23.8 Å². The molecule has 0 aliphatic carbocycles. The van der Waals surface area contributed by atoms with Gasteiger partial charge in [0.25, 0.3) is 0 Å². The highest BCUT2D eigenvalue weighted by Gasteiger charge is 2.27. The molecule has 0 unspecified atom stereocenters. The SMILES string of the molecule is COC(=O)/C=C\c1cc(OC)c(OC)c(S(=O)(=O)NC(C)(C)C)c1. The van der Waals surface area contributed by atoms with E-state index < -0.39 is 21.5 Å². The summed E-state index contributed by atoms with van der Waals surface area (Å²) in [5.74, 6) is -0.231. The Morgan fingerprint density at radius 2 is 1.75 bits per heavy atom. The number of carbonyl (C=O) groups excluding carboxylic acids is 1. The molecule has 0 amide bonds. The van der Waals surface area contributed by atoms with E-state index in [2.05, 4.69) is 9.46 Å². The summed E-state index contributed by atoms with van der Waals surface area (Å²) in [6.07, 6.45) is 2.62. The molecule has 0 heterocycles. The van der Waals surface area contributed by atoms with Gasteiger partial charge in [-0.1, -0.05) is 0 Å². The Labute approximate surface area is 142 Å². The van der Waals surface area contributed by atoms with Gasteiger partial charge in [0.2, 0.25) is 10.0 Å². The molecule has 1 N–H and O–H groups in total. The molecule has 134 valence electrons. The monoisotopic (exact) mass is 357 g/mol. The number of hydrogen-bond donors (Lipinski definition) is 1. The Kier molecular flexibility index (Phi) is 6.39. The van der Waals surface area contributed by atoms with Crippen molar-refractivity contribution in [3.8, 4) is 11.5 Å². The molecule has 0 saturated carbocycles. The topological polar surface area (TPSA) is 90.9 Å². The highest BCUT2D eigenvalue weighted by Crippen LogP contribution is 2.36. The van der Waals surface area contributed by atoms with E-state index in [-0.39, 0.29) is 16.4 Å². The van der Waals surface area contributed by atoms with Crippen LogP contribution in [0, 0.1) is 0 Å². The fourth-order valence-electron chi connectivity index (χ4n) is 1.94. The predicted molar refractivity (Wildman–Crippen MR) is 90.7 cm³/mol. The minimum atomic E-state index is -3.87. The summed E-state index contributed by atoms with van der Waals surface area (Å²) in [5.41, 5.74) is -0.220. The van der Waals surface area contributed by atoms with Gasteiger partial charge in [-0.05, 0) is 44.5 Å². The van der Waals surface area contributed by atoms with Crippen LogP contribution in [0.1, 0.15) is 26.3 Å². The van der Waals surface area contributed by atoms with Gasteiger partial charge in [-0.3, -0.25) is 0 Å². The smallest absolute Gasteiger partial charge is 0.330 e. The highest BCUT2D eigenvalue weighted by molar-refractivity contribution is 7.89. The number of carbonyl (C=O) groups is 1. The second-order valence-corrected chi connectivity index (χ2v) is 7.62. The van der Waals surface area contributed by atoms with Crippen molar-refractivity contribution in [2.24, 2.45) is 0 Å². The second-order valence-electron chi connectivity index (χ2n) is 5.97. The first-order chi connectivity index (χ1) is 11.0. The van der Waals surface area contributed by atoms with Crippen LogP contribution in [0.15, 0.2) is 23.1 Å². The van der Waals surface area contributed by atoms with E-state index in [9.17, 15) is 13.2 Å². The van der Waals surface area contributed by atoms with E-state index in [1.807, 2.05) is 0 Å². The minimum absolute atomic E-state index is 0.0798. The molecule has 0 bridgehead atoms. The molecule has 0 spiro atoms. The first-order valence-corrected chi connectivity index (χ1v) is 8.58. The Balaban J connectivity index is 3.51. The highest BCUT2D eigenvalue weighted by atomic mass is 32.2. The maximum Gasteiger partial charge on any atom is 0.330 e. The predicted octanol–water partition coefficient (Wildman–Crippen LogP) is 1.97. The van der Waals surface area contributed by atoms with E-state index in [0.29, 0.717) is 5.56 Å². The molecule has 0 radical (unpaired) electrons. The van der Waals surface area contributed by atoms with Gasteiger partial charge in [0.05, 0.1) is 21.3 Å². The normalized spacial score (nSPS) is 12.2. The van der Waals surface area contributed by atoms with Crippen molar-refractivity contribution in [1.82, 2.24) is 4.72 Å². The van der Waals surface area contributed by atoms with Gasteiger partial charge in [-0.15, -0.1) is 0 Å².